The van der Waals surface area contributed by atoms with Gasteiger partial charge in [-0.3, -0.25) is 9.59 Å². The molecule has 1 fully saturated rings. The van der Waals surface area contributed by atoms with E-state index in [1.165, 1.54) is 11.8 Å². The van der Waals surface area contributed by atoms with Crippen LogP contribution < -0.4 is 5.32 Å². The number of aromatic nitrogens is 2. The first kappa shape index (κ1) is 13.9. The Hall–Kier alpha value is -1.50. The van der Waals surface area contributed by atoms with Gasteiger partial charge in [-0.15, -0.1) is 0 Å². The Morgan fingerprint density at radius 1 is 1.58 bits per heavy atom. The first-order valence-corrected chi connectivity index (χ1v) is 7.21. The molecule has 1 heterocycles. The van der Waals surface area contributed by atoms with E-state index >= 15 is 0 Å². The maximum atomic E-state index is 11.5. The molecule has 1 amide bonds. The molecule has 1 aromatic heterocycles. The molecule has 0 unspecified atom stereocenters. The highest BCUT2D eigenvalue weighted by Gasteiger charge is 2.29. The van der Waals surface area contributed by atoms with Gasteiger partial charge in [0.2, 0.25) is 5.91 Å². The van der Waals surface area contributed by atoms with Crippen LogP contribution in [0.2, 0.25) is 0 Å². The number of hydrogen-bond acceptors (Lipinski definition) is 4. The molecule has 0 spiro atoms. The average molecular weight is 283 g/mol. The Bertz CT molecular complexity index is 483. The van der Waals surface area contributed by atoms with Crippen LogP contribution in [0.3, 0.4) is 0 Å². The van der Waals surface area contributed by atoms with Gasteiger partial charge in [0.15, 0.2) is 5.16 Å². The molecule has 0 radical (unpaired) electrons. The highest BCUT2D eigenvalue weighted by Crippen LogP contribution is 2.28. The molecule has 0 aliphatic heterocycles. The summed E-state index contributed by atoms with van der Waals surface area (Å²) in [5.74, 6) is -0.536. The van der Waals surface area contributed by atoms with Crippen molar-refractivity contribution >= 4 is 23.6 Å². The van der Waals surface area contributed by atoms with Crippen LogP contribution in [-0.4, -0.2) is 38.8 Å². The maximum Gasteiger partial charge on any atom is 0.313 e. The fourth-order valence-electron chi connectivity index (χ4n) is 1.72. The van der Waals surface area contributed by atoms with Crippen molar-refractivity contribution in [1.82, 2.24) is 14.9 Å². The molecule has 0 saturated heterocycles. The lowest BCUT2D eigenvalue weighted by molar-refractivity contribution is -0.134. The number of hydrogen-bond donors (Lipinski definition) is 2. The molecular formula is C12H17N3O3S. The zero-order valence-corrected chi connectivity index (χ0v) is 11.6. The Labute approximate surface area is 115 Å². The number of rotatable bonds is 7. The lowest BCUT2D eigenvalue weighted by Crippen LogP contribution is -2.28. The van der Waals surface area contributed by atoms with Gasteiger partial charge < -0.3 is 15.0 Å². The van der Waals surface area contributed by atoms with E-state index in [-0.39, 0.29) is 17.6 Å². The standard InChI is InChI=1S/C12H17N3O3S/c1-8-6-15(12(14-8)19-7-10(16)17)5-4-13-11(18)9-2-3-9/h6,9H,2-5,7H2,1H3,(H,13,18)(H,16,17). The van der Waals surface area contributed by atoms with Crippen LogP contribution in [0.4, 0.5) is 0 Å². The summed E-state index contributed by atoms with van der Waals surface area (Å²) in [5.41, 5.74) is 0.849. The smallest absolute Gasteiger partial charge is 0.313 e. The summed E-state index contributed by atoms with van der Waals surface area (Å²) in [6.07, 6.45) is 3.86. The lowest BCUT2D eigenvalue weighted by Gasteiger charge is -2.07. The van der Waals surface area contributed by atoms with Crippen molar-refractivity contribution in [2.75, 3.05) is 12.3 Å². The first-order chi connectivity index (χ1) is 9.06. The largest absolute Gasteiger partial charge is 0.481 e. The van der Waals surface area contributed by atoms with Crippen LogP contribution in [0, 0.1) is 12.8 Å². The number of nitrogens with one attached hydrogen (secondary N) is 1. The number of carbonyl (C=O) groups is 2. The van der Waals surface area contributed by atoms with E-state index in [4.69, 9.17) is 5.11 Å². The van der Waals surface area contributed by atoms with E-state index in [0.717, 1.165) is 18.5 Å². The van der Waals surface area contributed by atoms with Crippen molar-refractivity contribution < 1.29 is 14.7 Å². The predicted molar refractivity (Wildman–Crippen MR) is 71.1 cm³/mol. The maximum absolute atomic E-state index is 11.5. The normalized spacial score (nSPS) is 14.4. The summed E-state index contributed by atoms with van der Waals surface area (Å²) < 4.78 is 1.89. The molecule has 1 saturated carbocycles. The van der Waals surface area contributed by atoms with Crippen molar-refractivity contribution in [2.24, 2.45) is 5.92 Å². The third-order valence-corrected chi connectivity index (χ3v) is 3.76. The number of aryl methyl sites for hydroxylation is 1. The highest BCUT2D eigenvalue weighted by molar-refractivity contribution is 7.99. The number of carboxylic acid groups (broad SMARTS) is 1. The van der Waals surface area contributed by atoms with Crippen LogP contribution in [0.25, 0.3) is 0 Å². The Kier molecular flexibility index (Phi) is 4.47. The Balaban J connectivity index is 1.83. The van der Waals surface area contributed by atoms with Gasteiger partial charge in [-0.2, -0.15) is 0 Å². The first-order valence-electron chi connectivity index (χ1n) is 6.22. The monoisotopic (exact) mass is 283 g/mol. The molecule has 2 N–H and O–H groups in total. The van der Waals surface area contributed by atoms with Crippen molar-refractivity contribution in [2.45, 2.75) is 31.5 Å². The summed E-state index contributed by atoms with van der Waals surface area (Å²) in [6.45, 7) is 3.02. The molecule has 0 bridgehead atoms. The quantitative estimate of drug-likeness (QED) is 0.726. The summed E-state index contributed by atoms with van der Waals surface area (Å²) in [4.78, 5) is 26.3. The van der Waals surface area contributed by atoms with Crippen molar-refractivity contribution in [3.8, 4) is 0 Å². The molecule has 2 rings (SSSR count). The number of aliphatic carboxylic acids is 1. The van der Waals surface area contributed by atoms with Crippen LogP contribution in [0.5, 0.6) is 0 Å². The number of imidazole rings is 1. The van der Waals surface area contributed by atoms with E-state index in [1.807, 2.05) is 17.7 Å². The van der Waals surface area contributed by atoms with Gasteiger partial charge in [0.1, 0.15) is 0 Å². The second-order valence-corrected chi connectivity index (χ2v) is 5.55. The van der Waals surface area contributed by atoms with Crippen LogP contribution >= 0.6 is 11.8 Å². The second-order valence-electron chi connectivity index (χ2n) is 4.61. The molecular weight excluding hydrogens is 266 g/mol. The molecule has 1 aliphatic carbocycles. The van der Waals surface area contributed by atoms with E-state index in [9.17, 15) is 9.59 Å². The Morgan fingerprint density at radius 2 is 2.32 bits per heavy atom. The molecule has 6 nitrogen and oxygen atoms in total. The van der Waals surface area contributed by atoms with Gasteiger partial charge >= 0.3 is 5.97 Å². The molecule has 1 aliphatic rings. The third-order valence-electron chi connectivity index (χ3n) is 2.79. The zero-order valence-electron chi connectivity index (χ0n) is 10.8. The summed E-state index contributed by atoms with van der Waals surface area (Å²) in [5, 5.41) is 12.2. The number of carboxylic acids is 1. The molecule has 104 valence electrons. The molecule has 7 heteroatoms. The van der Waals surface area contributed by atoms with Crippen molar-refractivity contribution in [3.63, 3.8) is 0 Å². The SMILES string of the molecule is Cc1cn(CCNC(=O)C2CC2)c(SCC(=O)O)n1. The van der Waals surface area contributed by atoms with E-state index in [2.05, 4.69) is 10.3 Å². The van der Waals surface area contributed by atoms with Gasteiger partial charge in [-0.05, 0) is 19.8 Å². The number of carbonyl (C=O) groups excluding carboxylic acids is 1. The summed E-state index contributed by atoms with van der Waals surface area (Å²) in [7, 11) is 0. The summed E-state index contributed by atoms with van der Waals surface area (Å²) >= 11 is 1.19. The second kappa shape index (κ2) is 6.10. The predicted octanol–water partition coefficient (Wildman–Crippen LogP) is 0.894. The van der Waals surface area contributed by atoms with Crippen molar-refractivity contribution in [3.05, 3.63) is 11.9 Å². The van der Waals surface area contributed by atoms with E-state index in [1.54, 1.807) is 0 Å². The van der Waals surface area contributed by atoms with Gasteiger partial charge in [0, 0.05) is 25.2 Å². The number of thioether (sulfide) groups is 1. The minimum atomic E-state index is -0.862. The van der Waals surface area contributed by atoms with E-state index in [0.29, 0.717) is 18.2 Å². The topological polar surface area (TPSA) is 84.2 Å². The lowest BCUT2D eigenvalue weighted by atomic mass is 10.4. The van der Waals surface area contributed by atoms with Gasteiger partial charge in [0.05, 0.1) is 11.4 Å². The van der Waals surface area contributed by atoms with Gasteiger partial charge in [-0.1, -0.05) is 11.8 Å². The molecule has 0 atom stereocenters. The van der Waals surface area contributed by atoms with Crippen LogP contribution in [0.1, 0.15) is 18.5 Å². The highest BCUT2D eigenvalue weighted by atomic mass is 32.2. The fourth-order valence-corrected chi connectivity index (χ4v) is 2.49. The average Bonchev–Trinajstić information content (AvgIpc) is 3.12. The molecule has 1 aromatic rings. The number of amides is 1. The molecule has 19 heavy (non-hydrogen) atoms. The van der Waals surface area contributed by atoms with Crippen molar-refractivity contribution in [1.29, 1.82) is 0 Å². The van der Waals surface area contributed by atoms with Crippen LogP contribution in [-0.2, 0) is 16.1 Å². The number of nitrogens with zero attached hydrogens (tertiary/aromatic N) is 2. The minimum absolute atomic E-state index is 0.00904. The van der Waals surface area contributed by atoms with Gasteiger partial charge in [-0.25, -0.2) is 4.98 Å². The van der Waals surface area contributed by atoms with Crippen LogP contribution in [0.15, 0.2) is 11.4 Å². The molecule has 0 aromatic carbocycles. The fraction of sp³-hybridized carbons (Fsp3) is 0.583. The van der Waals surface area contributed by atoms with E-state index < -0.39 is 5.97 Å². The summed E-state index contributed by atoms with van der Waals surface area (Å²) in [6, 6.07) is 0. The Morgan fingerprint density at radius 3 is 2.95 bits per heavy atom. The minimum Gasteiger partial charge on any atom is -0.481 e. The zero-order chi connectivity index (χ0) is 13.8. The van der Waals surface area contributed by atoms with Gasteiger partial charge in [0.25, 0.3) is 0 Å². The third kappa shape index (κ3) is 4.27.